The standard InChI is InChI=1S/C15H24FN3O.HI/c1-3-5-9-18-15(17-4-2)19-10-11-20-14-8-6-7-13(16)12-14;/h6-8,12H,3-5,9-11H2,1-2H3,(H2,17,18,19);1H. The van der Waals surface area contributed by atoms with Crippen molar-refractivity contribution in [2.24, 2.45) is 4.99 Å². The van der Waals surface area contributed by atoms with E-state index in [4.69, 9.17) is 4.74 Å². The lowest BCUT2D eigenvalue weighted by Gasteiger charge is -2.12. The molecule has 0 fully saturated rings. The van der Waals surface area contributed by atoms with Crippen molar-refractivity contribution in [3.05, 3.63) is 30.1 Å². The highest BCUT2D eigenvalue weighted by atomic mass is 127. The average Bonchev–Trinajstić information content (AvgIpc) is 2.44. The van der Waals surface area contributed by atoms with Crippen LogP contribution < -0.4 is 15.4 Å². The normalized spacial score (nSPS) is 10.7. The van der Waals surface area contributed by atoms with Crippen LogP contribution in [-0.4, -0.2) is 32.2 Å². The zero-order chi connectivity index (χ0) is 14.6. The summed E-state index contributed by atoms with van der Waals surface area (Å²) in [4.78, 5) is 4.44. The van der Waals surface area contributed by atoms with Gasteiger partial charge in [-0.25, -0.2) is 4.39 Å². The molecule has 6 heteroatoms. The molecule has 1 rings (SSSR count). The van der Waals surface area contributed by atoms with Gasteiger partial charge in [0.25, 0.3) is 0 Å². The molecule has 21 heavy (non-hydrogen) atoms. The fourth-order valence-electron chi connectivity index (χ4n) is 1.59. The van der Waals surface area contributed by atoms with E-state index in [1.54, 1.807) is 12.1 Å². The highest BCUT2D eigenvalue weighted by molar-refractivity contribution is 14.0. The number of hydrogen-bond donors (Lipinski definition) is 2. The van der Waals surface area contributed by atoms with Gasteiger partial charge in [0.05, 0.1) is 6.54 Å². The molecule has 0 unspecified atom stereocenters. The Labute approximate surface area is 143 Å². The van der Waals surface area contributed by atoms with Gasteiger partial charge in [0.2, 0.25) is 0 Å². The van der Waals surface area contributed by atoms with Crippen molar-refractivity contribution in [1.29, 1.82) is 0 Å². The number of halogens is 2. The Hall–Kier alpha value is -1.05. The molecular formula is C15H25FIN3O. The molecule has 1 aromatic carbocycles. The number of ether oxygens (including phenoxy) is 1. The van der Waals surface area contributed by atoms with E-state index in [-0.39, 0.29) is 29.8 Å². The fourth-order valence-corrected chi connectivity index (χ4v) is 1.59. The molecule has 0 aliphatic heterocycles. The van der Waals surface area contributed by atoms with E-state index < -0.39 is 0 Å². The van der Waals surface area contributed by atoms with E-state index >= 15 is 0 Å². The van der Waals surface area contributed by atoms with Crippen molar-refractivity contribution in [3.8, 4) is 5.75 Å². The fraction of sp³-hybridized carbons (Fsp3) is 0.533. The van der Waals surface area contributed by atoms with E-state index in [0.29, 0.717) is 18.9 Å². The molecule has 0 saturated carbocycles. The molecule has 0 atom stereocenters. The Balaban J connectivity index is 0.00000400. The van der Waals surface area contributed by atoms with Crippen molar-refractivity contribution in [2.75, 3.05) is 26.2 Å². The second-order valence-corrected chi connectivity index (χ2v) is 4.35. The summed E-state index contributed by atoms with van der Waals surface area (Å²) in [7, 11) is 0. The van der Waals surface area contributed by atoms with Crippen molar-refractivity contribution < 1.29 is 9.13 Å². The Morgan fingerprint density at radius 3 is 2.76 bits per heavy atom. The molecule has 4 nitrogen and oxygen atoms in total. The second-order valence-electron chi connectivity index (χ2n) is 4.35. The van der Waals surface area contributed by atoms with Crippen LogP contribution in [0.2, 0.25) is 0 Å². The van der Waals surface area contributed by atoms with E-state index in [1.165, 1.54) is 12.1 Å². The summed E-state index contributed by atoms with van der Waals surface area (Å²) in [6.45, 7) is 6.89. The quantitative estimate of drug-likeness (QED) is 0.300. The zero-order valence-electron chi connectivity index (χ0n) is 12.7. The second kappa shape index (κ2) is 12.7. The van der Waals surface area contributed by atoms with Gasteiger partial charge in [0.15, 0.2) is 5.96 Å². The number of unbranched alkanes of at least 4 members (excludes halogenated alkanes) is 1. The Bertz CT molecular complexity index is 416. The molecule has 0 amide bonds. The molecule has 0 radical (unpaired) electrons. The van der Waals surface area contributed by atoms with Crippen molar-refractivity contribution in [2.45, 2.75) is 26.7 Å². The molecule has 0 heterocycles. The van der Waals surface area contributed by atoms with Gasteiger partial charge in [-0.15, -0.1) is 24.0 Å². The molecule has 1 aromatic rings. The predicted octanol–water partition coefficient (Wildman–Crippen LogP) is 3.18. The van der Waals surface area contributed by atoms with Crippen LogP contribution in [0.4, 0.5) is 4.39 Å². The molecule has 120 valence electrons. The monoisotopic (exact) mass is 409 g/mol. The molecular weight excluding hydrogens is 384 g/mol. The first-order chi connectivity index (χ1) is 9.76. The van der Waals surface area contributed by atoms with Gasteiger partial charge >= 0.3 is 0 Å². The van der Waals surface area contributed by atoms with Crippen molar-refractivity contribution >= 4 is 29.9 Å². The van der Waals surface area contributed by atoms with Crippen LogP contribution in [0.15, 0.2) is 29.3 Å². The molecule has 0 spiro atoms. The minimum atomic E-state index is -0.287. The van der Waals surface area contributed by atoms with Crippen LogP contribution >= 0.6 is 24.0 Å². The van der Waals surface area contributed by atoms with Crippen molar-refractivity contribution in [3.63, 3.8) is 0 Å². The van der Waals surface area contributed by atoms with Crippen LogP contribution in [0.1, 0.15) is 26.7 Å². The van der Waals surface area contributed by atoms with Gasteiger partial charge in [-0.1, -0.05) is 19.4 Å². The summed E-state index contributed by atoms with van der Waals surface area (Å²) in [5.74, 6) is 1.05. The number of hydrogen-bond acceptors (Lipinski definition) is 2. The summed E-state index contributed by atoms with van der Waals surface area (Å²) in [5.41, 5.74) is 0. The number of rotatable bonds is 8. The third-order valence-electron chi connectivity index (χ3n) is 2.59. The minimum absolute atomic E-state index is 0. The zero-order valence-corrected chi connectivity index (χ0v) is 15.0. The van der Waals surface area contributed by atoms with Gasteiger partial charge in [0.1, 0.15) is 18.2 Å². The third kappa shape index (κ3) is 9.49. The smallest absolute Gasteiger partial charge is 0.191 e. The maximum absolute atomic E-state index is 13.0. The minimum Gasteiger partial charge on any atom is -0.492 e. The van der Waals surface area contributed by atoms with Crippen LogP contribution in [0, 0.1) is 5.82 Å². The first-order valence-corrected chi connectivity index (χ1v) is 7.16. The van der Waals surface area contributed by atoms with Crippen LogP contribution in [0.25, 0.3) is 0 Å². The number of nitrogens with one attached hydrogen (secondary N) is 2. The van der Waals surface area contributed by atoms with E-state index in [9.17, 15) is 4.39 Å². The molecule has 0 aliphatic rings. The molecule has 0 bridgehead atoms. The lowest BCUT2D eigenvalue weighted by Crippen LogP contribution is -2.39. The summed E-state index contributed by atoms with van der Waals surface area (Å²) >= 11 is 0. The number of nitrogens with zero attached hydrogens (tertiary/aromatic N) is 1. The van der Waals surface area contributed by atoms with Crippen molar-refractivity contribution in [1.82, 2.24) is 10.6 Å². The van der Waals surface area contributed by atoms with Gasteiger partial charge in [-0.2, -0.15) is 0 Å². The Morgan fingerprint density at radius 2 is 2.10 bits per heavy atom. The van der Waals surface area contributed by atoms with E-state index in [2.05, 4.69) is 22.5 Å². The summed E-state index contributed by atoms with van der Waals surface area (Å²) in [5, 5.41) is 6.36. The predicted molar refractivity (Wildman–Crippen MR) is 96.2 cm³/mol. The third-order valence-corrected chi connectivity index (χ3v) is 2.59. The lowest BCUT2D eigenvalue weighted by molar-refractivity contribution is 0.320. The van der Waals surface area contributed by atoms with Crippen LogP contribution in [0.5, 0.6) is 5.75 Å². The van der Waals surface area contributed by atoms with Gasteiger partial charge in [-0.3, -0.25) is 4.99 Å². The molecule has 0 aromatic heterocycles. The largest absolute Gasteiger partial charge is 0.492 e. The summed E-state index contributed by atoms with van der Waals surface area (Å²) in [6.07, 6.45) is 2.21. The summed E-state index contributed by atoms with van der Waals surface area (Å²) < 4.78 is 18.4. The highest BCUT2D eigenvalue weighted by Gasteiger charge is 1.98. The maximum Gasteiger partial charge on any atom is 0.191 e. The number of benzene rings is 1. The topological polar surface area (TPSA) is 45.7 Å². The lowest BCUT2D eigenvalue weighted by atomic mass is 10.3. The number of aliphatic imine (C=N–C) groups is 1. The van der Waals surface area contributed by atoms with E-state index in [1.807, 2.05) is 6.92 Å². The van der Waals surface area contributed by atoms with Gasteiger partial charge < -0.3 is 15.4 Å². The summed E-state index contributed by atoms with van der Waals surface area (Å²) in [6, 6.07) is 6.15. The Kier molecular flexibility index (Phi) is 12.0. The van der Waals surface area contributed by atoms with Gasteiger partial charge in [-0.05, 0) is 25.5 Å². The average molecular weight is 409 g/mol. The van der Waals surface area contributed by atoms with E-state index in [0.717, 1.165) is 31.9 Å². The molecule has 0 saturated heterocycles. The first kappa shape index (κ1) is 19.9. The molecule has 2 N–H and O–H groups in total. The van der Waals surface area contributed by atoms with Crippen LogP contribution in [-0.2, 0) is 0 Å². The van der Waals surface area contributed by atoms with Crippen LogP contribution in [0.3, 0.4) is 0 Å². The maximum atomic E-state index is 13.0. The number of guanidine groups is 1. The SMILES string of the molecule is CCCCN=C(NCC)NCCOc1cccc(F)c1.I. The molecule has 0 aliphatic carbocycles. The highest BCUT2D eigenvalue weighted by Crippen LogP contribution is 2.11. The van der Waals surface area contributed by atoms with Gasteiger partial charge in [0, 0.05) is 19.2 Å². The Morgan fingerprint density at radius 1 is 1.29 bits per heavy atom. The first-order valence-electron chi connectivity index (χ1n) is 7.16.